The molecule has 1 nitrogen and oxygen atoms in total. The van der Waals surface area contributed by atoms with Crippen LogP contribution in [0.4, 0.5) is 0 Å². The summed E-state index contributed by atoms with van der Waals surface area (Å²) in [6.45, 7) is 2.11. The predicted octanol–water partition coefficient (Wildman–Crippen LogP) is 4.32. The molecule has 0 aliphatic rings. The van der Waals surface area contributed by atoms with Gasteiger partial charge < -0.3 is 4.74 Å². The van der Waals surface area contributed by atoms with Gasteiger partial charge in [-0.2, -0.15) is 0 Å². The molecular formula is C13H18BrClO. The Morgan fingerprint density at radius 3 is 2.44 bits per heavy atom. The zero-order chi connectivity index (χ0) is 12.0. The number of hydrogen-bond donors (Lipinski definition) is 0. The van der Waals surface area contributed by atoms with E-state index in [4.69, 9.17) is 16.3 Å². The summed E-state index contributed by atoms with van der Waals surface area (Å²) in [4.78, 5) is 0. The van der Waals surface area contributed by atoms with Crippen LogP contribution in [0.5, 0.6) is 0 Å². The van der Waals surface area contributed by atoms with Gasteiger partial charge in [0.1, 0.15) is 0 Å². The smallest absolute Gasteiger partial charge is 0.0546 e. The van der Waals surface area contributed by atoms with Crippen molar-refractivity contribution in [2.45, 2.75) is 25.9 Å². The van der Waals surface area contributed by atoms with Crippen LogP contribution in [0.15, 0.2) is 24.3 Å². The minimum Gasteiger partial charge on any atom is -0.382 e. The van der Waals surface area contributed by atoms with Crippen molar-refractivity contribution in [3.63, 3.8) is 0 Å². The topological polar surface area (TPSA) is 9.23 Å². The van der Waals surface area contributed by atoms with Gasteiger partial charge >= 0.3 is 0 Å². The van der Waals surface area contributed by atoms with Crippen LogP contribution in [-0.2, 0) is 11.2 Å². The fraction of sp³-hybridized carbons (Fsp3) is 0.538. The SMILES string of the molecule is COC(C)CC(CBr)Cc1ccc(Cl)cc1. The molecule has 2 atom stereocenters. The van der Waals surface area contributed by atoms with E-state index in [1.54, 1.807) is 7.11 Å². The summed E-state index contributed by atoms with van der Waals surface area (Å²) in [5, 5.41) is 1.80. The third kappa shape index (κ3) is 4.86. The summed E-state index contributed by atoms with van der Waals surface area (Å²) in [5.41, 5.74) is 1.33. The molecule has 1 aromatic rings. The maximum atomic E-state index is 5.86. The van der Waals surface area contributed by atoms with Crippen molar-refractivity contribution < 1.29 is 4.74 Å². The quantitative estimate of drug-likeness (QED) is 0.711. The summed E-state index contributed by atoms with van der Waals surface area (Å²) in [5.74, 6) is 0.608. The summed E-state index contributed by atoms with van der Waals surface area (Å²) in [6.07, 6.45) is 2.45. The van der Waals surface area contributed by atoms with Gasteiger partial charge in [-0.05, 0) is 43.4 Å². The first-order chi connectivity index (χ1) is 7.65. The Hall–Kier alpha value is -0.0500. The van der Waals surface area contributed by atoms with Crippen LogP contribution in [0.25, 0.3) is 0 Å². The molecule has 0 aliphatic carbocycles. The van der Waals surface area contributed by atoms with Gasteiger partial charge in [-0.1, -0.05) is 39.7 Å². The van der Waals surface area contributed by atoms with E-state index in [1.807, 2.05) is 12.1 Å². The minimum atomic E-state index is 0.315. The van der Waals surface area contributed by atoms with Crippen molar-refractivity contribution in [3.8, 4) is 0 Å². The molecule has 0 heterocycles. The highest BCUT2D eigenvalue weighted by Crippen LogP contribution is 2.19. The standard InChI is InChI=1S/C13H18BrClO/c1-10(16-2)7-12(9-14)8-11-3-5-13(15)6-4-11/h3-6,10,12H,7-9H2,1-2H3. The van der Waals surface area contributed by atoms with Gasteiger partial charge in [0.25, 0.3) is 0 Å². The average molecular weight is 306 g/mol. The number of hydrogen-bond acceptors (Lipinski definition) is 1. The highest BCUT2D eigenvalue weighted by atomic mass is 79.9. The fourth-order valence-corrected chi connectivity index (χ4v) is 2.34. The van der Waals surface area contributed by atoms with Gasteiger partial charge in [-0.15, -0.1) is 0 Å². The molecule has 0 aliphatic heterocycles. The summed E-state index contributed by atoms with van der Waals surface area (Å²) >= 11 is 9.42. The number of rotatable bonds is 6. The predicted molar refractivity (Wildman–Crippen MR) is 73.5 cm³/mol. The van der Waals surface area contributed by atoms with E-state index in [9.17, 15) is 0 Å². The van der Waals surface area contributed by atoms with Crippen LogP contribution in [0.2, 0.25) is 5.02 Å². The Labute approximate surface area is 111 Å². The van der Waals surface area contributed by atoms with Crippen molar-refractivity contribution in [3.05, 3.63) is 34.9 Å². The summed E-state index contributed by atoms with van der Waals surface area (Å²) in [6, 6.07) is 8.08. The molecule has 90 valence electrons. The number of halogens is 2. The van der Waals surface area contributed by atoms with E-state index in [-0.39, 0.29) is 0 Å². The number of benzene rings is 1. The van der Waals surface area contributed by atoms with E-state index < -0.39 is 0 Å². The molecule has 0 aromatic heterocycles. The van der Waals surface area contributed by atoms with Gasteiger partial charge in [0.05, 0.1) is 6.10 Å². The zero-order valence-corrected chi connectivity index (χ0v) is 12.1. The molecule has 0 saturated carbocycles. The third-order valence-corrected chi connectivity index (χ3v) is 3.89. The zero-order valence-electron chi connectivity index (χ0n) is 9.75. The van der Waals surface area contributed by atoms with Gasteiger partial charge in [-0.25, -0.2) is 0 Å². The molecule has 0 radical (unpaired) electrons. The lowest BCUT2D eigenvalue weighted by atomic mass is 9.96. The summed E-state index contributed by atoms with van der Waals surface area (Å²) < 4.78 is 5.30. The van der Waals surface area contributed by atoms with Crippen molar-refractivity contribution in [2.24, 2.45) is 5.92 Å². The maximum absolute atomic E-state index is 5.86. The van der Waals surface area contributed by atoms with Crippen LogP contribution < -0.4 is 0 Å². The van der Waals surface area contributed by atoms with Crippen LogP contribution in [-0.4, -0.2) is 18.5 Å². The molecule has 0 fully saturated rings. The lowest BCUT2D eigenvalue weighted by Crippen LogP contribution is -2.15. The van der Waals surface area contributed by atoms with E-state index >= 15 is 0 Å². The molecule has 0 spiro atoms. The molecule has 1 rings (SSSR count). The third-order valence-electron chi connectivity index (χ3n) is 2.72. The van der Waals surface area contributed by atoms with Crippen LogP contribution in [0.3, 0.4) is 0 Å². The fourth-order valence-electron chi connectivity index (χ4n) is 1.72. The Balaban J connectivity index is 2.52. The number of alkyl halides is 1. The molecule has 3 heteroatoms. The molecule has 16 heavy (non-hydrogen) atoms. The van der Waals surface area contributed by atoms with Crippen molar-refractivity contribution in [1.82, 2.24) is 0 Å². The maximum Gasteiger partial charge on any atom is 0.0546 e. The number of methoxy groups -OCH3 is 1. The average Bonchev–Trinajstić information content (AvgIpc) is 2.30. The van der Waals surface area contributed by atoms with E-state index in [0.29, 0.717) is 12.0 Å². The van der Waals surface area contributed by atoms with Crippen LogP contribution in [0, 0.1) is 5.92 Å². The Morgan fingerprint density at radius 2 is 1.94 bits per heavy atom. The second-order valence-corrected chi connectivity index (χ2v) is 5.22. The lowest BCUT2D eigenvalue weighted by molar-refractivity contribution is 0.0981. The largest absolute Gasteiger partial charge is 0.382 e. The van der Waals surface area contributed by atoms with Gasteiger partial charge in [0.2, 0.25) is 0 Å². The van der Waals surface area contributed by atoms with E-state index in [2.05, 4.69) is 35.0 Å². The first-order valence-corrected chi connectivity index (χ1v) is 6.98. The molecule has 1 aromatic carbocycles. The molecule has 0 amide bonds. The second kappa shape index (κ2) is 7.31. The Kier molecular flexibility index (Phi) is 6.40. The second-order valence-electron chi connectivity index (χ2n) is 4.13. The first-order valence-electron chi connectivity index (χ1n) is 5.49. The highest BCUT2D eigenvalue weighted by molar-refractivity contribution is 9.09. The molecule has 2 unspecified atom stereocenters. The summed E-state index contributed by atoms with van der Waals surface area (Å²) in [7, 11) is 1.76. The van der Waals surface area contributed by atoms with E-state index in [0.717, 1.165) is 23.2 Å². The molecular weight excluding hydrogens is 287 g/mol. The number of ether oxygens (including phenoxy) is 1. The highest BCUT2D eigenvalue weighted by Gasteiger charge is 2.12. The lowest BCUT2D eigenvalue weighted by Gasteiger charge is -2.18. The van der Waals surface area contributed by atoms with Gasteiger partial charge in [0, 0.05) is 17.5 Å². The van der Waals surface area contributed by atoms with Crippen molar-refractivity contribution >= 4 is 27.5 Å². The van der Waals surface area contributed by atoms with Crippen molar-refractivity contribution in [1.29, 1.82) is 0 Å². The van der Waals surface area contributed by atoms with Crippen LogP contribution >= 0.6 is 27.5 Å². The van der Waals surface area contributed by atoms with Gasteiger partial charge in [0.15, 0.2) is 0 Å². The van der Waals surface area contributed by atoms with Gasteiger partial charge in [-0.3, -0.25) is 0 Å². The normalized spacial score (nSPS) is 14.8. The Morgan fingerprint density at radius 1 is 1.31 bits per heavy atom. The Bertz CT molecular complexity index is 299. The van der Waals surface area contributed by atoms with E-state index in [1.165, 1.54) is 5.56 Å². The molecule has 0 N–H and O–H groups in total. The monoisotopic (exact) mass is 304 g/mol. The van der Waals surface area contributed by atoms with Crippen molar-refractivity contribution in [2.75, 3.05) is 12.4 Å². The molecule has 0 saturated heterocycles. The minimum absolute atomic E-state index is 0.315. The van der Waals surface area contributed by atoms with Crippen LogP contribution in [0.1, 0.15) is 18.9 Å². The molecule has 0 bridgehead atoms. The first kappa shape index (κ1) is 14.0.